The van der Waals surface area contributed by atoms with Crippen molar-refractivity contribution in [2.75, 3.05) is 12.4 Å². The number of aromatic amines is 1. The second-order valence-corrected chi connectivity index (χ2v) is 6.60. The molecule has 9 nitrogen and oxygen atoms in total. The third-order valence-electron chi connectivity index (χ3n) is 4.59. The van der Waals surface area contributed by atoms with E-state index in [9.17, 15) is 19.5 Å². The average molecular weight is 421 g/mol. The molecule has 0 saturated carbocycles. The summed E-state index contributed by atoms with van der Waals surface area (Å²) in [6, 6.07) is 13.9. The Morgan fingerprint density at radius 2 is 1.90 bits per heavy atom. The molecule has 0 aliphatic heterocycles. The average Bonchev–Trinajstić information content (AvgIpc) is 3.07. The van der Waals surface area contributed by atoms with Crippen molar-refractivity contribution in [2.45, 2.75) is 19.8 Å². The smallest absolute Gasteiger partial charge is 0.411 e. The first kappa shape index (κ1) is 21.6. The van der Waals surface area contributed by atoms with Gasteiger partial charge in [-0.15, -0.1) is 0 Å². The number of aliphatic imine (C=N–C) groups is 1. The van der Waals surface area contributed by atoms with E-state index in [2.05, 4.69) is 20.1 Å². The van der Waals surface area contributed by atoms with Gasteiger partial charge in [-0.1, -0.05) is 25.1 Å². The first-order valence-electron chi connectivity index (χ1n) is 9.54. The number of carbonyl (C=O) groups excluding carboxylic acids is 2. The number of aryl methyl sites for hydroxylation is 1. The Morgan fingerprint density at radius 3 is 2.55 bits per heavy atom. The molecule has 3 aromatic rings. The van der Waals surface area contributed by atoms with Crippen molar-refractivity contribution in [3.63, 3.8) is 0 Å². The number of hydrogen-bond acceptors (Lipinski definition) is 6. The van der Waals surface area contributed by atoms with E-state index in [0.29, 0.717) is 17.1 Å². The Morgan fingerprint density at radius 1 is 1.19 bits per heavy atom. The van der Waals surface area contributed by atoms with Gasteiger partial charge in [-0.25, -0.2) is 9.48 Å². The van der Waals surface area contributed by atoms with Crippen LogP contribution in [0.3, 0.4) is 0 Å². The zero-order valence-electron chi connectivity index (χ0n) is 17.0. The largest absolute Gasteiger partial charge is 0.550 e. The number of carboxylic acids is 1. The summed E-state index contributed by atoms with van der Waals surface area (Å²) in [4.78, 5) is 39.9. The Kier molecular flexibility index (Phi) is 6.66. The minimum atomic E-state index is -1.32. The fourth-order valence-corrected chi connectivity index (χ4v) is 3.02. The number of rotatable bonds is 7. The molecule has 2 N–H and O–H groups in total. The molecule has 0 unspecified atom stereocenters. The van der Waals surface area contributed by atoms with Crippen LogP contribution in [-0.4, -0.2) is 35.2 Å². The summed E-state index contributed by atoms with van der Waals surface area (Å²) < 4.78 is 5.75. The quantitative estimate of drug-likeness (QED) is 0.564. The molecule has 0 atom stereocenters. The number of carboxylic acid groups (broad SMARTS) is 1. The molecule has 0 saturated heterocycles. The number of nitrogens with one attached hydrogen (secondary N) is 2. The van der Waals surface area contributed by atoms with Gasteiger partial charge in [-0.3, -0.25) is 20.2 Å². The van der Waals surface area contributed by atoms with Crippen molar-refractivity contribution in [3.05, 3.63) is 75.7 Å². The third kappa shape index (κ3) is 5.08. The van der Waals surface area contributed by atoms with Gasteiger partial charge in [0, 0.05) is 24.3 Å². The lowest BCUT2D eigenvalue weighted by Crippen LogP contribution is -2.25. The highest BCUT2D eigenvalue weighted by molar-refractivity contribution is 5.86. The van der Waals surface area contributed by atoms with Gasteiger partial charge in [0.25, 0.3) is 5.56 Å². The molecule has 1 heterocycles. The van der Waals surface area contributed by atoms with Crippen molar-refractivity contribution in [1.29, 1.82) is 0 Å². The standard InChI is InChI=1S/C22H22N4O5/c1-3-14-6-4-5-7-18(14)23-13-17-19(12-20(27)28)25-26(21(17)29)16-10-8-15(9-11-16)24-22(30)31-2/h4-11,13,25H,3,12H2,1-2H3,(H,24,30)(H,27,28)/p-1. The van der Waals surface area contributed by atoms with Crippen molar-refractivity contribution in [1.82, 2.24) is 9.78 Å². The highest BCUT2D eigenvalue weighted by Gasteiger charge is 2.14. The van der Waals surface area contributed by atoms with Crippen molar-refractivity contribution < 1.29 is 19.4 Å². The molecule has 2 aromatic carbocycles. The van der Waals surface area contributed by atoms with Gasteiger partial charge in [-0.05, 0) is 42.3 Å². The molecular weight excluding hydrogens is 400 g/mol. The van der Waals surface area contributed by atoms with E-state index in [0.717, 1.165) is 12.0 Å². The fourth-order valence-electron chi connectivity index (χ4n) is 3.02. The molecule has 160 valence electrons. The molecule has 0 aliphatic rings. The molecule has 9 heteroatoms. The minimum Gasteiger partial charge on any atom is -0.550 e. The first-order chi connectivity index (χ1) is 14.9. The summed E-state index contributed by atoms with van der Waals surface area (Å²) in [5, 5.41) is 16.5. The van der Waals surface area contributed by atoms with Gasteiger partial charge in [0.15, 0.2) is 0 Å². The molecule has 0 fully saturated rings. The Bertz CT molecular complexity index is 1180. The number of H-pyrrole nitrogens is 1. The fraction of sp³-hybridized carbons (Fsp3) is 0.182. The predicted molar refractivity (Wildman–Crippen MR) is 114 cm³/mol. The topological polar surface area (TPSA) is 129 Å². The molecule has 0 radical (unpaired) electrons. The number of anilines is 1. The maximum absolute atomic E-state index is 13.0. The number of benzene rings is 2. The summed E-state index contributed by atoms with van der Waals surface area (Å²) in [5.74, 6) is -1.32. The van der Waals surface area contributed by atoms with Crippen LogP contribution in [0.2, 0.25) is 0 Å². The number of amides is 1. The van der Waals surface area contributed by atoms with Crippen molar-refractivity contribution >= 4 is 29.7 Å². The third-order valence-corrected chi connectivity index (χ3v) is 4.59. The van der Waals surface area contributed by atoms with E-state index in [-0.39, 0.29) is 11.3 Å². The SMILES string of the molecule is CCc1ccccc1N=Cc1c(CC(=O)[O-])[nH]n(-c2ccc(NC(=O)OC)cc2)c1=O. The van der Waals surface area contributed by atoms with Gasteiger partial charge >= 0.3 is 6.09 Å². The Balaban J connectivity index is 1.99. The van der Waals surface area contributed by atoms with E-state index < -0.39 is 24.0 Å². The van der Waals surface area contributed by atoms with Crippen molar-refractivity contribution in [2.24, 2.45) is 4.99 Å². The van der Waals surface area contributed by atoms with Gasteiger partial charge in [0.1, 0.15) is 0 Å². The lowest BCUT2D eigenvalue weighted by Gasteiger charge is -2.06. The maximum atomic E-state index is 13.0. The Hall–Kier alpha value is -4.14. The van der Waals surface area contributed by atoms with Gasteiger partial charge in [0.2, 0.25) is 0 Å². The second-order valence-electron chi connectivity index (χ2n) is 6.60. The number of ether oxygens (including phenoxy) is 1. The van der Waals surface area contributed by atoms with Gasteiger partial charge in [0.05, 0.1) is 29.7 Å². The van der Waals surface area contributed by atoms with E-state index in [4.69, 9.17) is 0 Å². The highest BCUT2D eigenvalue weighted by atomic mass is 16.5. The predicted octanol–water partition coefficient (Wildman–Crippen LogP) is 1.95. The highest BCUT2D eigenvalue weighted by Crippen LogP contribution is 2.19. The molecule has 0 spiro atoms. The van der Waals surface area contributed by atoms with E-state index in [1.807, 2.05) is 31.2 Å². The van der Waals surface area contributed by atoms with Crippen LogP contribution in [0.15, 0.2) is 58.3 Å². The zero-order chi connectivity index (χ0) is 22.4. The van der Waals surface area contributed by atoms with Crippen LogP contribution in [-0.2, 0) is 22.4 Å². The van der Waals surface area contributed by atoms with E-state index in [1.54, 1.807) is 24.3 Å². The van der Waals surface area contributed by atoms with Crippen LogP contribution in [0.25, 0.3) is 5.69 Å². The number of hydrogen-bond donors (Lipinski definition) is 2. The van der Waals surface area contributed by atoms with Crippen LogP contribution >= 0.6 is 0 Å². The normalized spacial score (nSPS) is 10.9. The zero-order valence-corrected chi connectivity index (χ0v) is 17.0. The van der Waals surface area contributed by atoms with Crippen LogP contribution in [0, 0.1) is 0 Å². The van der Waals surface area contributed by atoms with E-state index in [1.165, 1.54) is 18.0 Å². The van der Waals surface area contributed by atoms with Crippen LogP contribution < -0.4 is 16.0 Å². The second kappa shape index (κ2) is 9.57. The molecule has 31 heavy (non-hydrogen) atoms. The van der Waals surface area contributed by atoms with E-state index >= 15 is 0 Å². The lowest BCUT2D eigenvalue weighted by atomic mass is 10.1. The van der Waals surface area contributed by atoms with Crippen molar-refractivity contribution in [3.8, 4) is 5.69 Å². The van der Waals surface area contributed by atoms with Crippen LogP contribution in [0.5, 0.6) is 0 Å². The lowest BCUT2D eigenvalue weighted by molar-refractivity contribution is -0.304. The number of aromatic nitrogens is 2. The number of carbonyl (C=O) groups is 2. The summed E-state index contributed by atoms with van der Waals surface area (Å²) in [6.45, 7) is 2.00. The number of aliphatic carboxylic acids is 1. The summed E-state index contributed by atoms with van der Waals surface area (Å²) in [7, 11) is 1.25. The summed E-state index contributed by atoms with van der Waals surface area (Å²) in [6.07, 6.45) is 1.05. The Labute approximate surface area is 178 Å². The number of methoxy groups -OCH3 is 1. The molecule has 0 bridgehead atoms. The molecule has 1 amide bonds. The van der Waals surface area contributed by atoms with Gasteiger partial charge in [-0.2, -0.15) is 0 Å². The van der Waals surface area contributed by atoms with Crippen LogP contribution in [0.4, 0.5) is 16.2 Å². The maximum Gasteiger partial charge on any atom is 0.411 e. The molecule has 1 aromatic heterocycles. The summed E-state index contributed by atoms with van der Waals surface area (Å²) >= 11 is 0. The molecular formula is C22H21N4O5-. The van der Waals surface area contributed by atoms with Crippen LogP contribution in [0.1, 0.15) is 23.7 Å². The number of para-hydroxylation sites is 1. The molecule has 3 rings (SSSR count). The minimum absolute atomic E-state index is 0.131. The molecule has 0 aliphatic carbocycles. The summed E-state index contributed by atoms with van der Waals surface area (Å²) in [5.41, 5.74) is 2.49. The van der Waals surface area contributed by atoms with Gasteiger partial charge < -0.3 is 14.6 Å². The first-order valence-corrected chi connectivity index (χ1v) is 9.54. The number of nitrogens with zero attached hydrogens (tertiary/aromatic N) is 2. The monoisotopic (exact) mass is 421 g/mol.